The van der Waals surface area contributed by atoms with Crippen molar-refractivity contribution in [3.8, 4) is 5.82 Å². The molecule has 0 amide bonds. The normalized spacial score (nSPS) is 18.2. The van der Waals surface area contributed by atoms with Gasteiger partial charge in [-0.15, -0.1) is 5.10 Å². The number of hydrogen-bond donors (Lipinski definition) is 2. The number of nitrogens with two attached hydrogens (primary N) is 1. The van der Waals surface area contributed by atoms with E-state index in [-0.39, 0.29) is 0 Å². The molecule has 0 radical (unpaired) electrons. The van der Waals surface area contributed by atoms with E-state index in [1.165, 1.54) is 0 Å². The minimum Gasteiger partial charge on any atom is -0.399 e. The summed E-state index contributed by atoms with van der Waals surface area (Å²) in [7, 11) is 0. The van der Waals surface area contributed by atoms with Crippen molar-refractivity contribution in [1.82, 2.24) is 25.1 Å². The van der Waals surface area contributed by atoms with Gasteiger partial charge < -0.3 is 16.0 Å². The predicted molar refractivity (Wildman–Crippen MR) is 95.4 cm³/mol. The van der Waals surface area contributed by atoms with Gasteiger partial charge in [0, 0.05) is 49.0 Å². The van der Waals surface area contributed by atoms with Gasteiger partial charge in [0.25, 0.3) is 0 Å². The van der Waals surface area contributed by atoms with Crippen molar-refractivity contribution >= 4 is 22.4 Å². The van der Waals surface area contributed by atoms with Crippen LogP contribution >= 0.6 is 0 Å². The third-order valence-electron chi connectivity index (χ3n) is 4.56. The summed E-state index contributed by atoms with van der Waals surface area (Å²) >= 11 is 0. The molecule has 7 heteroatoms. The Balaban J connectivity index is 1.90. The first-order valence-electron chi connectivity index (χ1n) is 8.30. The van der Waals surface area contributed by atoms with E-state index in [9.17, 15) is 0 Å². The minimum atomic E-state index is 0.428. The zero-order valence-corrected chi connectivity index (χ0v) is 13.7. The second-order valence-corrected chi connectivity index (χ2v) is 6.04. The van der Waals surface area contributed by atoms with E-state index in [1.54, 1.807) is 12.5 Å². The highest BCUT2D eigenvalue weighted by Crippen LogP contribution is 2.31. The Morgan fingerprint density at radius 1 is 1.33 bits per heavy atom. The topological polar surface area (TPSA) is 84.9 Å². The molecule has 1 saturated heterocycles. The maximum absolute atomic E-state index is 6.04. The van der Waals surface area contributed by atoms with Crippen molar-refractivity contribution < 1.29 is 0 Å². The summed E-state index contributed by atoms with van der Waals surface area (Å²) in [5, 5.41) is 9.42. The molecule has 4 rings (SSSR count). The molecule has 0 aliphatic carbocycles. The van der Waals surface area contributed by atoms with Gasteiger partial charge in [0.2, 0.25) is 0 Å². The Morgan fingerprint density at radius 2 is 2.25 bits per heavy atom. The standard InChI is InChI=1S/C17H21N7/c1-2-13-10-19-7-8-23(13)17-14-9-12(18)3-4-15(14)24(22-17)16-5-6-20-11-21-16/h3-6,9,11,13,19H,2,7-8,10,18H2,1H3. The van der Waals surface area contributed by atoms with Gasteiger partial charge in [-0.1, -0.05) is 6.92 Å². The molecule has 1 unspecified atom stereocenters. The molecule has 3 N–H and O–H groups in total. The third-order valence-corrected chi connectivity index (χ3v) is 4.56. The molecule has 3 aromatic rings. The SMILES string of the molecule is CCC1CNCCN1c1nn(-c2ccncn2)c2ccc(N)cc12. The Kier molecular flexibility index (Phi) is 3.78. The highest BCUT2D eigenvalue weighted by molar-refractivity contribution is 5.94. The van der Waals surface area contributed by atoms with Crippen molar-refractivity contribution in [1.29, 1.82) is 0 Å². The van der Waals surface area contributed by atoms with Gasteiger partial charge in [0.15, 0.2) is 11.6 Å². The summed E-state index contributed by atoms with van der Waals surface area (Å²) in [5.74, 6) is 1.73. The summed E-state index contributed by atoms with van der Waals surface area (Å²) in [5.41, 5.74) is 7.79. The van der Waals surface area contributed by atoms with E-state index in [0.29, 0.717) is 6.04 Å². The molecule has 1 aliphatic rings. The second kappa shape index (κ2) is 6.09. The second-order valence-electron chi connectivity index (χ2n) is 6.04. The van der Waals surface area contributed by atoms with E-state index in [4.69, 9.17) is 10.8 Å². The van der Waals surface area contributed by atoms with Crippen LogP contribution in [0.5, 0.6) is 0 Å². The zero-order valence-electron chi connectivity index (χ0n) is 13.7. The molecule has 124 valence electrons. The van der Waals surface area contributed by atoms with Crippen LogP contribution in [0, 0.1) is 0 Å². The zero-order chi connectivity index (χ0) is 16.5. The fraction of sp³-hybridized carbons (Fsp3) is 0.353. The lowest BCUT2D eigenvalue weighted by Gasteiger charge is -2.36. The molecule has 3 heterocycles. The number of fused-ring (bicyclic) bond motifs is 1. The number of nitrogen functional groups attached to an aromatic ring is 1. The summed E-state index contributed by atoms with van der Waals surface area (Å²) in [4.78, 5) is 10.7. The average Bonchev–Trinajstić information content (AvgIpc) is 3.01. The Morgan fingerprint density at radius 3 is 3.04 bits per heavy atom. The van der Waals surface area contributed by atoms with Crippen LogP contribution in [-0.4, -0.2) is 45.4 Å². The van der Waals surface area contributed by atoms with E-state index >= 15 is 0 Å². The van der Waals surface area contributed by atoms with E-state index < -0.39 is 0 Å². The van der Waals surface area contributed by atoms with Crippen molar-refractivity contribution in [2.75, 3.05) is 30.3 Å². The quantitative estimate of drug-likeness (QED) is 0.712. The van der Waals surface area contributed by atoms with Crippen LogP contribution in [0.2, 0.25) is 0 Å². The molecule has 2 aromatic heterocycles. The summed E-state index contributed by atoms with van der Waals surface area (Å²) in [6, 6.07) is 8.20. The average molecular weight is 323 g/mol. The van der Waals surface area contributed by atoms with E-state index in [0.717, 1.165) is 54.3 Å². The van der Waals surface area contributed by atoms with Crippen molar-refractivity contribution in [2.24, 2.45) is 0 Å². The summed E-state index contributed by atoms with van der Waals surface area (Å²) < 4.78 is 1.88. The first kappa shape index (κ1) is 14.9. The van der Waals surface area contributed by atoms with Crippen LogP contribution < -0.4 is 16.0 Å². The Hall–Kier alpha value is -2.67. The molecule has 1 aromatic carbocycles. The minimum absolute atomic E-state index is 0.428. The Labute approximate surface area is 140 Å². The molecule has 0 saturated carbocycles. The number of benzene rings is 1. The predicted octanol–water partition coefficient (Wildman–Crippen LogP) is 1.59. The molecule has 1 fully saturated rings. The number of rotatable bonds is 3. The number of nitrogens with one attached hydrogen (secondary N) is 1. The number of nitrogens with zero attached hydrogens (tertiary/aromatic N) is 5. The third kappa shape index (κ3) is 2.46. The fourth-order valence-corrected chi connectivity index (χ4v) is 3.32. The first-order valence-corrected chi connectivity index (χ1v) is 8.30. The summed E-state index contributed by atoms with van der Waals surface area (Å²) in [6.07, 6.45) is 4.34. The molecule has 0 bridgehead atoms. The highest BCUT2D eigenvalue weighted by Gasteiger charge is 2.26. The maximum atomic E-state index is 6.04. The molecule has 1 aliphatic heterocycles. The van der Waals surface area contributed by atoms with Gasteiger partial charge in [0.05, 0.1) is 5.52 Å². The van der Waals surface area contributed by atoms with Crippen LogP contribution in [0.3, 0.4) is 0 Å². The number of aromatic nitrogens is 4. The molecule has 0 spiro atoms. The van der Waals surface area contributed by atoms with Crippen LogP contribution in [0.15, 0.2) is 36.8 Å². The van der Waals surface area contributed by atoms with Gasteiger partial charge in [-0.3, -0.25) is 0 Å². The van der Waals surface area contributed by atoms with Crippen molar-refractivity contribution in [3.05, 3.63) is 36.8 Å². The van der Waals surface area contributed by atoms with Gasteiger partial charge in [0.1, 0.15) is 6.33 Å². The number of piperazine rings is 1. The highest BCUT2D eigenvalue weighted by atomic mass is 15.4. The van der Waals surface area contributed by atoms with E-state index in [2.05, 4.69) is 27.1 Å². The first-order chi connectivity index (χ1) is 11.8. The van der Waals surface area contributed by atoms with Crippen LogP contribution in [0.4, 0.5) is 11.5 Å². The van der Waals surface area contributed by atoms with E-state index in [1.807, 2.05) is 28.9 Å². The number of anilines is 2. The largest absolute Gasteiger partial charge is 0.399 e. The Bertz CT molecular complexity index is 843. The molecular formula is C17H21N7. The van der Waals surface area contributed by atoms with Gasteiger partial charge in [-0.25, -0.2) is 14.6 Å². The lowest BCUT2D eigenvalue weighted by atomic mass is 10.1. The van der Waals surface area contributed by atoms with Crippen LogP contribution in [0.1, 0.15) is 13.3 Å². The lowest BCUT2D eigenvalue weighted by Crippen LogP contribution is -2.51. The molecular weight excluding hydrogens is 302 g/mol. The smallest absolute Gasteiger partial charge is 0.159 e. The van der Waals surface area contributed by atoms with Gasteiger partial charge in [-0.05, 0) is 24.6 Å². The molecule has 1 atom stereocenters. The fourth-order valence-electron chi connectivity index (χ4n) is 3.32. The maximum Gasteiger partial charge on any atom is 0.159 e. The van der Waals surface area contributed by atoms with Crippen molar-refractivity contribution in [3.63, 3.8) is 0 Å². The van der Waals surface area contributed by atoms with Gasteiger partial charge >= 0.3 is 0 Å². The monoisotopic (exact) mass is 323 g/mol. The molecule has 7 nitrogen and oxygen atoms in total. The van der Waals surface area contributed by atoms with Crippen molar-refractivity contribution in [2.45, 2.75) is 19.4 Å². The van der Waals surface area contributed by atoms with Gasteiger partial charge in [-0.2, -0.15) is 0 Å². The van der Waals surface area contributed by atoms with Crippen LogP contribution in [-0.2, 0) is 0 Å². The van der Waals surface area contributed by atoms with Crippen LogP contribution in [0.25, 0.3) is 16.7 Å². The lowest BCUT2D eigenvalue weighted by molar-refractivity contribution is 0.463. The number of hydrogen-bond acceptors (Lipinski definition) is 6. The summed E-state index contributed by atoms with van der Waals surface area (Å²) in [6.45, 7) is 5.08. The molecule has 24 heavy (non-hydrogen) atoms.